The van der Waals surface area contributed by atoms with Crippen molar-refractivity contribution in [3.8, 4) is 0 Å². The second-order valence-electron chi connectivity index (χ2n) is 4.40. The first-order valence-electron chi connectivity index (χ1n) is 6.37. The fourth-order valence-corrected chi connectivity index (χ4v) is 1.74. The first-order valence-corrected chi connectivity index (χ1v) is 6.37. The lowest BCUT2D eigenvalue weighted by Gasteiger charge is -2.28. The number of carbonyl (C=O) groups excluding carboxylic acids is 1. The number of hydrogen-bond acceptors (Lipinski definition) is 7. The van der Waals surface area contributed by atoms with Crippen molar-refractivity contribution in [1.82, 2.24) is 9.97 Å². The van der Waals surface area contributed by atoms with E-state index >= 15 is 0 Å². The Hall–Kier alpha value is -2.63. The molecule has 0 saturated carbocycles. The van der Waals surface area contributed by atoms with E-state index in [0.717, 1.165) is 0 Å². The lowest BCUT2D eigenvalue weighted by molar-refractivity contribution is -0.199. The minimum atomic E-state index is -5.23. The number of guanidine groups is 1. The van der Waals surface area contributed by atoms with Crippen LogP contribution in [0.2, 0.25) is 0 Å². The quantitative estimate of drug-likeness (QED) is 0.442. The number of anilines is 2. The van der Waals surface area contributed by atoms with Gasteiger partial charge < -0.3 is 20.2 Å². The predicted octanol–water partition coefficient (Wildman–Crippen LogP) is 0.0336. The number of ether oxygens (including phenoxy) is 1. The summed E-state index contributed by atoms with van der Waals surface area (Å²) in [4.78, 5) is 24.3. The average molecular weight is 334 g/mol. The number of nitrogens with zero attached hydrogens (tertiary/aromatic N) is 4. The Morgan fingerprint density at radius 1 is 1.35 bits per heavy atom. The maximum absolute atomic E-state index is 12.2. The number of morpholine rings is 1. The van der Waals surface area contributed by atoms with E-state index in [-0.39, 0.29) is 5.06 Å². The molecule has 3 N–H and O–H groups in total. The summed E-state index contributed by atoms with van der Waals surface area (Å²) in [6.07, 6.45) is -2.59. The van der Waals surface area contributed by atoms with Crippen molar-refractivity contribution in [2.24, 2.45) is 5.73 Å². The van der Waals surface area contributed by atoms with Gasteiger partial charge in [-0.25, -0.2) is 14.8 Å². The van der Waals surface area contributed by atoms with Gasteiger partial charge >= 0.3 is 12.1 Å². The van der Waals surface area contributed by atoms with Crippen LogP contribution in [0.3, 0.4) is 0 Å². The van der Waals surface area contributed by atoms with E-state index in [1.54, 1.807) is 0 Å². The van der Waals surface area contributed by atoms with Crippen molar-refractivity contribution < 1.29 is 27.5 Å². The van der Waals surface area contributed by atoms with Gasteiger partial charge in [0.2, 0.25) is 5.96 Å². The molecule has 0 unspecified atom stereocenters. The number of nitrogens with one attached hydrogen (secondary N) is 1. The summed E-state index contributed by atoms with van der Waals surface area (Å²) < 4.78 is 41.9. The van der Waals surface area contributed by atoms with Crippen LogP contribution in [0.15, 0.2) is 12.4 Å². The Balaban J connectivity index is 2.13. The van der Waals surface area contributed by atoms with E-state index in [2.05, 4.69) is 14.8 Å². The van der Waals surface area contributed by atoms with E-state index in [4.69, 9.17) is 15.9 Å². The monoisotopic (exact) mass is 334 g/mol. The third kappa shape index (κ3) is 4.18. The van der Waals surface area contributed by atoms with Gasteiger partial charge in [-0.2, -0.15) is 13.2 Å². The predicted molar refractivity (Wildman–Crippen MR) is 71.6 cm³/mol. The minimum Gasteiger partial charge on any atom is -0.378 e. The van der Waals surface area contributed by atoms with E-state index in [1.807, 2.05) is 4.90 Å². The molecule has 0 radical (unpaired) electrons. The molecule has 0 aliphatic carbocycles. The number of carbonyl (C=O) groups is 1. The van der Waals surface area contributed by atoms with Crippen molar-refractivity contribution in [3.05, 3.63) is 12.4 Å². The molecule has 23 heavy (non-hydrogen) atoms. The second-order valence-corrected chi connectivity index (χ2v) is 4.40. The molecule has 1 aromatic rings. The Labute approximate surface area is 128 Å². The summed E-state index contributed by atoms with van der Waals surface area (Å²) in [5.74, 6) is -3.97. The molecule has 9 nitrogen and oxygen atoms in total. The minimum absolute atomic E-state index is 0.0961. The summed E-state index contributed by atoms with van der Waals surface area (Å²) in [6.45, 7) is 2.29. The second kappa shape index (κ2) is 6.64. The van der Waals surface area contributed by atoms with Crippen LogP contribution in [0.4, 0.5) is 24.8 Å². The standard InChI is InChI=1S/C11H13F3N6O3/c12-11(13,14)8(21)23-20(9(15)16)10-17-5-7(6-18-10)19-1-3-22-4-2-19/h5-6H,1-4H2,(H3,15,16). The molecule has 1 aromatic heterocycles. The summed E-state index contributed by atoms with van der Waals surface area (Å²) in [5, 5.41) is 7.28. The first kappa shape index (κ1) is 16.7. The maximum atomic E-state index is 12.2. The number of hydrogen-bond donors (Lipinski definition) is 2. The Morgan fingerprint density at radius 2 is 1.91 bits per heavy atom. The zero-order valence-corrected chi connectivity index (χ0v) is 11.7. The van der Waals surface area contributed by atoms with Crippen molar-refractivity contribution in [2.75, 3.05) is 36.3 Å². The normalized spacial score (nSPS) is 15.2. The summed E-state index contributed by atoms with van der Waals surface area (Å²) in [6, 6.07) is 0. The van der Waals surface area contributed by atoms with Crippen LogP contribution < -0.4 is 15.7 Å². The molecule has 0 atom stereocenters. The number of alkyl halides is 3. The van der Waals surface area contributed by atoms with Gasteiger partial charge in [-0.15, -0.1) is 5.06 Å². The lowest BCUT2D eigenvalue weighted by atomic mass is 10.4. The summed E-state index contributed by atoms with van der Waals surface area (Å²) in [7, 11) is 0. The maximum Gasteiger partial charge on any atom is 0.493 e. The molecule has 0 spiro atoms. The molecular weight excluding hydrogens is 321 g/mol. The number of halogens is 3. The van der Waals surface area contributed by atoms with E-state index < -0.39 is 24.1 Å². The van der Waals surface area contributed by atoms with Crippen molar-refractivity contribution in [1.29, 1.82) is 5.41 Å². The van der Waals surface area contributed by atoms with Gasteiger partial charge in [0.1, 0.15) is 0 Å². The number of rotatable bonds is 2. The molecule has 0 bridgehead atoms. The van der Waals surface area contributed by atoms with E-state index in [1.165, 1.54) is 12.4 Å². The Morgan fingerprint density at radius 3 is 2.39 bits per heavy atom. The molecule has 1 fully saturated rings. The molecule has 1 aliphatic heterocycles. The molecule has 1 saturated heterocycles. The summed E-state index contributed by atoms with van der Waals surface area (Å²) in [5.41, 5.74) is 5.71. The van der Waals surface area contributed by atoms with Crippen LogP contribution in [0.25, 0.3) is 0 Å². The fraction of sp³-hybridized carbons (Fsp3) is 0.455. The molecule has 1 aliphatic rings. The number of aromatic nitrogens is 2. The first-order chi connectivity index (χ1) is 10.8. The van der Waals surface area contributed by atoms with Crippen LogP contribution in [0.5, 0.6) is 0 Å². The van der Waals surface area contributed by atoms with Crippen molar-refractivity contribution >= 4 is 23.6 Å². The topological polar surface area (TPSA) is 118 Å². The Kier molecular flexibility index (Phi) is 4.83. The van der Waals surface area contributed by atoms with Crippen molar-refractivity contribution in [2.45, 2.75) is 6.18 Å². The Bertz CT molecular complexity index is 573. The molecule has 2 rings (SSSR count). The van der Waals surface area contributed by atoms with Crippen molar-refractivity contribution in [3.63, 3.8) is 0 Å². The highest BCUT2D eigenvalue weighted by atomic mass is 19.4. The highest BCUT2D eigenvalue weighted by molar-refractivity contribution is 5.91. The van der Waals surface area contributed by atoms with Crippen LogP contribution in [-0.4, -0.2) is 54.4 Å². The lowest BCUT2D eigenvalue weighted by Crippen LogP contribution is -2.43. The average Bonchev–Trinajstić information content (AvgIpc) is 2.52. The third-order valence-corrected chi connectivity index (χ3v) is 2.81. The van der Waals surface area contributed by atoms with Gasteiger partial charge in [-0.1, -0.05) is 0 Å². The SMILES string of the molecule is N=C(N)N(OC(=O)C(F)(F)F)c1ncc(N2CCOCC2)cn1. The zero-order valence-electron chi connectivity index (χ0n) is 11.7. The largest absolute Gasteiger partial charge is 0.493 e. The van der Waals surface area contributed by atoms with Gasteiger partial charge in [0.15, 0.2) is 0 Å². The van der Waals surface area contributed by atoms with E-state index in [0.29, 0.717) is 32.0 Å². The van der Waals surface area contributed by atoms with Gasteiger partial charge in [0, 0.05) is 13.1 Å². The highest BCUT2D eigenvalue weighted by Crippen LogP contribution is 2.20. The molecule has 12 heteroatoms. The molecule has 0 aromatic carbocycles. The molecule has 126 valence electrons. The smallest absolute Gasteiger partial charge is 0.378 e. The summed E-state index contributed by atoms with van der Waals surface area (Å²) >= 11 is 0. The molecule has 2 heterocycles. The number of hydroxylamine groups is 1. The fourth-order valence-electron chi connectivity index (χ4n) is 1.74. The van der Waals surface area contributed by atoms with Gasteiger partial charge in [0.25, 0.3) is 5.95 Å². The van der Waals surface area contributed by atoms with Gasteiger partial charge in [-0.3, -0.25) is 5.41 Å². The zero-order chi connectivity index (χ0) is 17.0. The highest BCUT2D eigenvalue weighted by Gasteiger charge is 2.43. The third-order valence-electron chi connectivity index (χ3n) is 2.81. The van der Waals surface area contributed by atoms with Crippen LogP contribution in [-0.2, 0) is 14.4 Å². The van der Waals surface area contributed by atoms with Crippen LogP contribution in [0, 0.1) is 5.41 Å². The van der Waals surface area contributed by atoms with Gasteiger partial charge in [-0.05, 0) is 0 Å². The van der Waals surface area contributed by atoms with Gasteiger partial charge in [0.05, 0.1) is 31.3 Å². The van der Waals surface area contributed by atoms with Crippen LogP contribution >= 0.6 is 0 Å². The molecular formula is C11H13F3N6O3. The number of nitrogens with two attached hydrogens (primary N) is 1. The van der Waals surface area contributed by atoms with Crippen LogP contribution in [0.1, 0.15) is 0 Å². The van der Waals surface area contributed by atoms with E-state index in [9.17, 15) is 18.0 Å². The molecule has 0 amide bonds.